The molecule has 2 aliphatic heterocycles. The average molecular weight is 455 g/mol. The second kappa shape index (κ2) is 8.74. The van der Waals surface area contributed by atoms with E-state index < -0.39 is 23.3 Å². The molecular formula is C23H29F4N3O2. The second-order valence-corrected chi connectivity index (χ2v) is 9.26. The van der Waals surface area contributed by atoms with Crippen molar-refractivity contribution in [1.82, 2.24) is 15.2 Å². The SMILES string of the molecule is C=C(C)[C@]1(C(=O)N2CCc3ncc(C(F)(F)F)cc3C2)CC[C@@H](NC2CCOCC2F)C1. The zero-order chi connectivity index (χ0) is 23.1. The highest BCUT2D eigenvalue weighted by atomic mass is 19.4. The molecule has 3 aliphatic rings. The molecule has 1 aromatic rings. The maximum absolute atomic E-state index is 14.2. The third-order valence-electron chi connectivity index (χ3n) is 7.13. The smallest absolute Gasteiger partial charge is 0.378 e. The minimum absolute atomic E-state index is 0.0208. The number of hydrogen-bond donors (Lipinski definition) is 1. The lowest BCUT2D eigenvalue weighted by Crippen LogP contribution is -2.49. The molecule has 4 atom stereocenters. The van der Waals surface area contributed by atoms with Crippen LogP contribution in [0.25, 0.3) is 0 Å². The molecule has 1 amide bonds. The van der Waals surface area contributed by atoms with Crippen molar-refractivity contribution in [2.24, 2.45) is 5.41 Å². The lowest BCUT2D eigenvalue weighted by Gasteiger charge is -2.38. The summed E-state index contributed by atoms with van der Waals surface area (Å²) in [5.41, 5.74) is 0.185. The summed E-state index contributed by atoms with van der Waals surface area (Å²) in [5, 5.41) is 3.37. The average Bonchev–Trinajstić information content (AvgIpc) is 3.19. The molecule has 1 saturated carbocycles. The van der Waals surface area contributed by atoms with Crippen molar-refractivity contribution in [2.45, 2.75) is 70.0 Å². The van der Waals surface area contributed by atoms with Gasteiger partial charge in [-0.25, -0.2) is 4.39 Å². The van der Waals surface area contributed by atoms with E-state index in [1.54, 1.807) is 4.90 Å². The van der Waals surface area contributed by atoms with E-state index in [1.165, 1.54) is 0 Å². The third kappa shape index (κ3) is 4.41. The summed E-state index contributed by atoms with van der Waals surface area (Å²) in [5.74, 6) is -0.110. The van der Waals surface area contributed by atoms with Gasteiger partial charge in [0, 0.05) is 50.1 Å². The van der Waals surface area contributed by atoms with E-state index in [1.807, 2.05) is 6.92 Å². The number of aromatic nitrogens is 1. The van der Waals surface area contributed by atoms with Gasteiger partial charge in [0.05, 0.1) is 17.6 Å². The van der Waals surface area contributed by atoms with E-state index in [4.69, 9.17) is 4.74 Å². The quantitative estimate of drug-likeness (QED) is 0.554. The summed E-state index contributed by atoms with van der Waals surface area (Å²) in [6.45, 7) is 7.01. The fourth-order valence-electron chi connectivity index (χ4n) is 5.20. The number of carbonyl (C=O) groups excluding carboxylic acids is 1. The number of nitrogens with zero attached hydrogens (tertiary/aromatic N) is 2. The van der Waals surface area contributed by atoms with Crippen LogP contribution in [0.3, 0.4) is 0 Å². The van der Waals surface area contributed by atoms with Gasteiger partial charge in [0.25, 0.3) is 0 Å². The molecule has 0 aromatic carbocycles. The molecule has 1 aromatic heterocycles. The van der Waals surface area contributed by atoms with E-state index in [0.717, 1.165) is 17.8 Å². The first-order chi connectivity index (χ1) is 15.1. The topological polar surface area (TPSA) is 54.5 Å². The van der Waals surface area contributed by atoms with E-state index in [2.05, 4.69) is 16.9 Å². The highest BCUT2D eigenvalue weighted by molar-refractivity contribution is 5.86. The van der Waals surface area contributed by atoms with E-state index in [0.29, 0.717) is 56.5 Å². The van der Waals surface area contributed by atoms with Gasteiger partial charge in [0.2, 0.25) is 5.91 Å². The van der Waals surface area contributed by atoms with Gasteiger partial charge in [-0.3, -0.25) is 9.78 Å². The molecule has 5 nitrogen and oxygen atoms in total. The van der Waals surface area contributed by atoms with Gasteiger partial charge >= 0.3 is 6.18 Å². The largest absolute Gasteiger partial charge is 0.417 e. The number of fused-ring (bicyclic) bond motifs is 1. The Morgan fingerprint density at radius 2 is 2.16 bits per heavy atom. The lowest BCUT2D eigenvalue weighted by atomic mass is 9.77. The molecule has 1 saturated heterocycles. The van der Waals surface area contributed by atoms with Crippen LogP contribution in [0.2, 0.25) is 0 Å². The van der Waals surface area contributed by atoms with E-state index in [9.17, 15) is 22.4 Å². The Morgan fingerprint density at radius 1 is 1.38 bits per heavy atom. The van der Waals surface area contributed by atoms with Gasteiger partial charge in [-0.2, -0.15) is 13.2 Å². The van der Waals surface area contributed by atoms with Gasteiger partial charge in [0.1, 0.15) is 6.17 Å². The van der Waals surface area contributed by atoms with Gasteiger partial charge in [-0.1, -0.05) is 12.2 Å². The molecule has 32 heavy (non-hydrogen) atoms. The fraction of sp³-hybridized carbons (Fsp3) is 0.652. The Balaban J connectivity index is 1.49. The standard InChI is InChI=1S/C23H29F4N3O2/c1-14(2)22(6-3-17(10-22)29-20-5-8-32-13-18(20)24)21(31)30-7-4-19-15(12-30)9-16(11-28-19)23(25,26)27/h9,11,17-18,20,29H,1,3-8,10,12-13H2,2H3/t17-,18?,20?,22+/m1/s1. The van der Waals surface area contributed by atoms with Crippen LogP contribution in [0.15, 0.2) is 24.4 Å². The molecule has 1 N–H and O–H groups in total. The second-order valence-electron chi connectivity index (χ2n) is 9.26. The Bertz CT molecular complexity index is 890. The fourth-order valence-corrected chi connectivity index (χ4v) is 5.20. The first kappa shape index (κ1) is 23.2. The van der Waals surface area contributed by atoms with Crippen molar-refractivity contribution in [2.75, 3.05) is 19.8 Å². The van der Waals surface area contributed by atoms with Crippen LogP contribution in [0, 0.1) is 5.41 Å². The summed E-state index contributed by atoms with van der Waals surface area (Å²) in [6.07, 6.45) is -1.88. The van der Waals surface area contributed by atoms with E-state index in [-0.39, 0.29) is 31.1 Å². The van der Waals surface area contributed by atoms with E-state index >= 15 is 0 Å². The number of hydrogen-bond acceptors (Lipinski definition) is 4. The van der Waals surface area contributed by atoms with Gasteiger partial charge in [-0.15, -0.1) is 0 Å². The molecule has 3 heterocycles. The minimum atomic E-state index is -4.48. The number of ether oxygens (including phenoxy) is 1. The first-order valence-electron chi connectivity index (χ1n) is 11.1. The van der Waals surface area contributed by atoms with Crippen LogP contribution in [-0.4, -0.2) is 53.8 Å². The number of pyridine rings is 1. The van der Waals surface area contributed by atoms with Crippen LogP contribution < -0.4 is 5.32 Å². The predicted octanol–water partition coefficient (Wildman–Crippen LogP) is 3.82. The Labute approximate surface area is 185 Å². The summed E-state index contributed by atoms with van der Waals surface area (Å²) in [4.78, 5) is 19.3. The molecular weight excluding hydrogens is 426 g/mol. The van der Waals surface area contributed by atoms with Crippen molar-refractivity contribution < 1.29 is 27.1 Å². The molecule has 0 radical (unpaired) electrons. The van der Waals surface area contributed by atoms with Crippen molar-refractivity contribution in [3.63, 3.8) is 0 Å². The monoisotopic (exact) mass is 455 g/mol. The number of amides is 1. The minimum Gasteiger partial charge on any atom is -0.378 e. The Kier molecular flexibility index (Phi) is 6.33. The zero-order valence-corrected chi connectivity index (χ0v) is 18.2. The highest BCUT2D eigenvalue weighted by Gasteiger charge is 2.49. The number of rotatable bonds is 4. The Hall–Kier alpha value is -2.00. The van der Waals surface area contributed by atoms with Gasteiger partial charge in [-0.05, 0) is 44.2 Å². The van der Waals surface area contributed by atoms with Crippen molar-refractivity contribution >= 4 is 5.91 Å². The molecule has 0 spiro atoms. The van der Waals surface area contributed by atoms with Crippen LogP contribution in [0.1, 0.15) is 49.4 Å². The van der Waals surface area contributed by atoms with Crippen LogP contribution in [-0.2, 0) is 28.7 Å². The molecule has 2 fully saturated rings. The number of alkyl halides is 4. The predicted molar refractivity (Wildman–Crippen MR) is 111 cm³/mol. The van der Waals surface area contributed by atoms with Crippen molar-refractivity contribution in [1.29, 1.82) is 0 Å². The first-order valence-corrected chi connectivity index (χ1v) is 11.1. The van der Waals surface area contributed by atoms with Crippen LogP contribution in [0.5, 0.6) is 0 Å². The molecule has 4 rings (SSSR count). The number of nitrogens with one attached hydrogen (secondary N) is 1. The van der Waals surface area contributed by atoms with Gasteiger partial charge in [0.15, 0.2) is 0 Å². The normalized spacial score (nSPS) is 30.8. The zero-order valence-electron chi connectivity index (χ0n) is 18.2. The summed E-state index contributed by atoms with van der Waals surface area (Å²) < 4.78 is 58.7. The summed E-state index contributed by atoms with van der Waals surface area (Å²) in [7, 11) is 0. The molecule has 2 unspecified atom stereocenters. The molecule has 176 valence electrons. The maximum Gasteiger partial charge on any atom is 0.417 e. The third-order valence-corrected chi connectivity index (χ3v) is 7.13. The highest BCUT2D eigenvalue weighted by Crippen LogP contribution is 2.46. The van der Waals surface area contributed by atoms with Crippen LogP contribution in [0.4, 0.5) is 17.6 Å². The van der Waals surface area contributed by atoms with Crippen molar-refractivity contribution in [3.05, 3.63) is 41.2 Å². The Morgan fingerprint density at radius 3 is 2.84 bits per heavy atom. The summed E-state index contributed by atoms with van der Waals surface area (Å²) >= 11 is 0. The maximum atomic E-state index is 14.2. The van der Waals surface area contributed by atoms with Crippen LogP contribution >= 0.6 is 0 Å². The van der Waals surface area contributed by atoms with Crippen molar-refractivity contribution in [3.8, 4) is 0 Å². The van der Waals surface area contributed by atoms with Gasteiger partial charge < -0.3 is 15.0 Å². The molecule has 9 heteroatoms. The number of carbonyl (C=O) groups is 1. The lowest BCUT2D eigenvalue weighted by molar-refractivity contribution is -0.141. The number of halogens is 4. The summed E-state index contributed by atoms with van der Waals surface area (Å²) in [6, 6.07) is 0.784. The molecule has 1 aliphatic carbocycles. The molecule has 0 bridgehead atoms.